The summed E-state index contributed by atoms with van der Waals surface area (Å²) in [6, 6.07) is 6.86. The molecule has 0 aromatic heterocycles. The Labute approximate surface area is 82.4 Å². The second-order valence-corrected chi connectivity index (χ2v) is 3.11. The Hall–Kier alpha value is -1.38. The van der Waals surface area contributed by atoms with Crippen molar-refractivity contribution in [1.29, 1.82) is 0 Å². The van der Waals surface area contributed by atoms with E-state index in [1.165, 1.54) is 0 Å². The first-order chi connectivity index (χ1) is 6.75. The van der Waals surface area contributed by atoms with E-state index in [1.54, 1.807) is 24.3 Å². The molecule has 0 aliphatic carbocycles. The van der Waals surface area contributed by atoms with Crippen LogP contribution >= 0.6 is 0 Å². The number of alkyl halides is 1. The van der Waals surface area contributed by atoms with E-state index in [0.29, 0.717) is 24.8 Å². The summed E-state index contributed by atoms with van der Waals surface area (Å²) >= 11 is 0. The number of carboxylic acid groups (broad SMARTS) is 1. The first kappa shape index (κ1) is 10.7. The van der Waals surface area contributed by atoms with E-state index in [2.05, 4.69) is 0 Å². The van der Waals surface area contributed by atoms with Gasteiger partial charge in [0.1, 0.15) is 0 Å². The molecule has 0 radical (unpaired) electrons. The topological polar surface area (TPSA) is 37.3 Å². The third-order valence-electron chi connectivity index (χ3n) is 2.08. The van der Waals surface area contributed by atoms with Gasteiger partial charge in [0, 0.05) is 0 Å². The lowest BCUT2D eigenvalue weighted by Crippen LogP contribution is -2.02. The molecule has 0 unspecified atom stereocenters. The average Bonchev–Trinajstić information content (AvgIpc) is 2.19. The minimum atomic E-state index is -0.916. The van der Waals surface area contributed by atoms with Crippen molar-refractivity contribution in [3.8, 4) is 0 Å². The molecule has 3 heteroatoms. The minimum absolute atomic E-state index is 0.325. The first-order valence-electron chi connectivity index (χ1n) is 4.63. The van der Waals surface area contributed by atoms with Gasteiger partial charge >= 0.3 is 5.97 Å². The normalized spacial score (nSPS) is 10.1. The van der Waals surface area contributed by atoms with Gasteiger partial charge in [-0.3, -0.25) is 4.39 Å². The number of benzene rings is 1. The maximum Gasteiger partial charge on any atom is 0.335 e. The summed E-state index contributed by atoms with van der Waals surface area (Å²) in [5.41, 5.74) is 1.11. The third kappa shape index (κ3) is 2.83. The largest absolute Gasteiger partial charge is 0.478 e. The van der Waals surface area contributed by atoms with E-state index in [-0.39, 0.29) is 6.67 Å². The van der Waals surface area contributed by atoms with Gasteiger partial charge in [-0.05, 0) is 30.9 Å². The number of carboxylic acids is 1. The molecule has 0 aliphatic heterocycles. The van der Waals surface area contributed by atoms with Gasteiger partial charge in [-0.15, -0.1) is 0 Å². The fourth-order valence-electron chi connectivity index (χ4n) is 1.36. The number of aryl methyl sites for hydroxylation is 1. The summed E-state index contributed by atoms with van der Waals surface area (Å²) < 4.78 is 11.8. The van der Waals surface area contributed by atoms with Crippen LogP contribution < -0.4 is 0 Å². The van der Waals surface area contributed by atoms with E-state index in [0.717, 1.165) is 5.56 Å². The Morgan fingerprint density at radius 3 is 2.64 bits per heavy atom. The van der Waals surface area contributed by atoms with E-state index in [9.17, 15) is 9.18 Å². The monoisotopic (exact) mass is 196 g/mol. The van der Waals surface area contributed by atoms with Crippen LogP contribution in [0.15, 0.2) is 24.3 Å². The maximum atomic E-state index is 11.8. The van der Waals surface area contributed by atoms with Gasteiger partial charge in [0.05, 0.1) is 12.2 Å². The highest BCUT2D eigenvalue weighted by Crippen LogP contribution is 2.12. The molecule has 1 N–H and O–H groups in total. The number of rotatable bonds is 5. The number of hydrogen-bond donors (Lipinski definition) is 1. The third-order valence-corrected chi connectivity index (χ3v) is 2.08. The molecule has 0 fully saturated rings. The van der Waals surface area contributed by atoms with Crippen LogP contribution in [-0.4, -0.2) is 17.8 Å². The summed E-state index contributed by atoms with van der Waals surface area (Å²) in [7, 11) is 0. The highest BCUT2D eigenvalue weighted by molar-refractivity contribution is 5.89. The van der Waals surface area contributed by atoms with Crippen molar-refractivity contribution in [2.24, 2.45) is 0 Å². The van der Waals surface area contributed by atoms with E-state index < -0.39 is 5.97 Å². The summed E-state index contributed by atoms with van der Waals surface area (Å²) in [6.45, 7) is -0.338. The molecule has 0 aliphatic rings. The van der Waals surface area contributed by atoms with E-state index in [1.807, 2.05) is 0 Å². The van der Waals surface area contributed by atoms with Crippen molar-refractivity contribution in [3.63, 3.8) is 0 Å². The molecule has 14 heavy (non-hydrogen) atoms. The van der Waals surface area contributed by atoms with Crippen LogP contribution in [0.4, 0.5) is 4.39 Å². The molecular formula is C11H13FO2. The number of hydrogen-bond acceptors (Lipinski definition) is 1. The highest BCUT2D eigenvalue weighted by atomic mass is 19.1. The van der Waals surface area contributed by atoms with Crippen molar-refractivity contribution in [1.82, 2.24) is 0 Å². The Morgan fingerprint density at radius 2 is 2.00 bits per heavy atom. The Kier molecular flexibility index (Phi) is 4.11. The first-order valence-corrected chi connectivity index (χ1v) is 4.63. The molecule has 0 amide bonds. The molecular weight excluding hydrogens is 183 g/mol. The molecule has 76 valence electrons. The van der Waals surface area contributed by atoms with Gasteiger partial charge in [0.2, 0.25) is 0 Å². The van der Waals surface area contributed by atoms with Crippen molar-refractivity contribution in [2.45, 2.75) is 19.3 Å². The quantitative estimate of drug-likeness (QED) is 0.735. The van der Waals surface area contributed by atoms with Crippen LogP contribution in [0.2, 0.25) is 0 Å². The van der Waals surface area contributed by atoms with Crippen molar-refractivity contribution < 1.29 is 14.3 Å². The minimum Gasteiger partial charge on any atom is -0.478 e. The Balaban J connectivity index is 2.69. The van der Waals surface area contributed by atoms with Crippen LogP contribution in [0.5, 0.6) is 0 Å². The smallest absolute Gasteiger partial charge is 0.335 e. The van der Waals surface area contributed by atoms with Gasteiger partial charge in [-0.2, -0.15) is 0 Å². The standard InChI is InChI=1S/C11H13FO2/c12-8-4-3-6-9-5-1-2-7-10(9)11(13)14/h1-2,5,7H,3-4,6,8H2,(H,13,14). The van der Waals surface area contributed by atoms with Crippen LogP contribution in [0.3, 0.4) is 0 Å². The summed E-state index contributed by atoms with van der Waals surface area (Å²) in [5.74, 6) is -0.916. The summed E-state index contributed by atoms with van der Waals surface area (Å²) in [5, 5.41) is 8.85. The van der Waals surface area contributed by atoms with Crippen LogP contribution in [0.1, 0.15) is 28.8 Å². The van der Waals surface area contributed by atoms with Gasteiger partial charge in [-0.25, -0.2) is 4.79 Å². The fraction of sp³-hybridized carbons (Fsp3) is 0.364. The van der Waals surface area contributed by atoms with Gasteiger partial charge in [0.25, 0.3) is 0 Å². The second kappa shape index (κ2) is 5.37. The van der Waals surface area contributed by atoms with Crippen molar-refractivity contribution in [2.75, 3.05) is 6.67 Å². The zero-order valence-electron chi connectivity index (χ0n) is 7.87. The lowest BCUT2D eigenvalue weighted by atomic mass is 10.0. The lowest BCUT2D eigenvalue weighted by molar-refractivity contribution is 0.0695. The van der Waals surface area contributed by atoms with Gasteiger partial charge < -0.3 is 5.11 Å². The van der Waals surface area contributed by atoms with E-state index >= 15 is 0 Å². The van der Waals surface area contributed by atoms with Crippen LogP contribution in [0.25, 0.3) is 0 Å². The number of unbranched alkanes of at least 4 members (excludes halogenated alkanes) is 1. The number of carbonyl (C=O) groups is 1. The molecule has 1 aromatic carbocycles. The molecule has 0 saturated carbocycles. The van der Waals surface area contributed by atoms with Crippen molar-refractivity contribution >= 4 is 5.97 Å². The van der Waals surface area contributed by atoms with Crippen LogP contribution in [0, 0.1) is 0 Å². The van der Waals surface area contributed by atoms with Crippen LogP contribution in [-0.2, 0) is 6.42 Å². The summed E-state index contributed by atoms with van der Waals surface area (Å²) in [4.78, 5) is 10.8. The molecule has 0 atom stereocenters. The molecule has 2 nitrogen and oxygen atoms in total. The molecule has 0 heterocycles. The molecule has 0 bridgehead atoms. The number of aromatic carboxylic acids is 1. The molecule has 1 aromatic rings. The fourth-order valence-corrected chi connectivity index (χ4v) is 1.36. The SMILES string of the molecule is O=C(O)c1ccccc1CCCCF. The predicted molar refractivity (Wildman–Crippen MR) is 52.3 cm³/mol. The molecule has 0 spiro atoms. The zero-order valence-corrected chi connectivity index (χ0v) is 7.87. The van der Waals surface area contributed by atoms with E-state index in [4.69, 9.17) is 5.11 Å². The molecule has 1 rings (SSSR count). The summed E-state index contributed by atoms with van der Waals surface area (Å²) in [6.07, 6.45) is 1.82. The Morgan fingerprint density at radius 1 is 1.29 bits per heavy atom. The van der Waals surface area contributed by atoms with Crippen molar-refractivity contribution in [3.05, 3.63) is 35.4 Å². The van der Waals surface area contributed by atoms with Gasteiger partial charge in [-0.1, -0.05) is 18.2 Å². The second-order valence-electron chi connectivity index (χ2n) is 3.11. The highest BCUT2D eigenvalue weighted by Gasteiger charge is 2.07. The molecule has 0 saturated heterocycles. The van der Waals surface area contributed by atoms with Gasteiger partial charge in [0.15, 0.2) is 0 Å². The Bertz CT molecular complexity index is 310. The zero-order chi connectivity index (χ0) is 10.4. The maximum absolute atomic E-state index is 11.8. The lowest BCUT2D eigenvalue weighted by Gasteiger charge is -2.04. The predicted octanol–water partition coefficient (Wildman–Crippen LogP) is 2.68. The average molecular weight is 196 g/mol. The number of halogens is 1.